The van der Waals surface area contributed by atoms with Gasteiger partial charge in [-0.25, -0.2) is 0 Å². The van der Waals surface area contributed by atoms with Crippen molar-refractivity contribution in [3.05, 3.63) is 67.3 Å². The van der Waals surface area contributed by atoms with Crippen LogP contribution in [-0.2, 0) is 0 Å². The predicted molar refractivity (Wildman–Crippen MR) is 70.4 cm³/mol. The fourth-order valence-corrected chi connectivity index (χ4v) is 1.50. The van der Waals surface area contributed by atoms with E-state index < -0.39 is 0 Å². The molecule has 0 unspecified atom stereocenters. The maximum atomic E-state index is 5.76. The van der Waals surface area contributed by atoms with Gasteiger partial charge in [-0.1, -0.05) is 36.4 Å². The summed E-state index contributed by atoms with van der Waals surface area (Å²) in [6, 6.07) is 14.1. The van der Waals surface area contributed by atoms with Gasteiger partial charge >= 0.3 is 0 Å². The second-order valence-corrected chi connectivity index (χ2v) is 3.46. The van der Waals surface area contributed by atoms with Gasteiger partial charge in [0, 0.05) is 35.9 Å². The van der Waals surface area contributed by atoms with Crippen LogP contribution in [0.4, 0.5) is 5.69 Å². The molecule has 3 nitrogen and oxygen atoms in total. The van der Waals surface area contributed by atoms with Gasteiger partial charge in [-0.05, 0) is 11.5 Å². The molecule has 84 valence electrons. The summed E-state index contributed by atoms with van der Waals surface area (Å²) in [6.45, 7) is 0. The van der Waals surface area contributed by atoms with Crippen molar-refractivity contribution in [3.8, 4) is 0 Å². The van der Waals surface area contributed by atoms with Crippen LogP contribution in [-0.4, -0.2) is 9.97 Å². The standard InChI is InChI=1S/C10H9N.C4H4N2/c11-10-7-3-5-8-4-1-2-6-9(8)10;1-2-6-4-3-5-1/h1-7H,11H2;1-4H. The fourth-order valence-electron chi connectivity index (χ4n) is 1.50. The summed E-state index contributed by atoms with van der Waals surface area (Å²) in [7, 11) is 0. The summed E-state index contributed by atoms with van der Waals surface area (Å²) in [5.74, 6) is 0. The van der Waals surface area contributed by atoms with Crippen LogP contribution in [0.3, 0.4) is 0 Å². The number of aromatic nitrogens is 2. The monoisotopic (exact) mass is 223 g/mol. The molecule has 3 rings (SSSR count). The first-order valence-electron chi connectivity index (χ1n) is 5.31. The van der Waals surface area contributed by atoms with Gasteiger partial charge in [-0.3, -0.25) is 9.97 Å². The minimum atomic E-state index is 0.850. The van der Waals surface area contributed by atoms with Gasteiger partial charge in [0.05, 0.1) is 0 Å². The average molecular weight is 223 g/mol. The number of hydrogen-bond acceptors (Lipinski definition) is 3. The molecular weight excluding hydrogens is 210 g/mol. The molecule has 0 aliphatic heterocycles. The number of rotatable bonds is 0. The Morgan fingerprint density at radius 1 is 0.706 bits per heavy atom. The van der Waals surface area contributed by atoms with Crippen LogP contribution in [0, 0.1) is 0 Å². The first-order valence-corrected chi connectivity index (χ1v) is 5.31. The molecule has 3 heteroatoms. The van der Waals surface area contributed by atoms with Crippen LogP contribution >= 0.6 is 0 Å². The number of benzene rings is 2. The van der Waals surface area contributed by atoms with Gasteiger partial charge in [-0.15, -0.1) is 0 Å². The molecule has 2 N–H and O–H groups in total. The number of hydrogen-bond donors (Lipinski definition) is 1. The highest BCUT2D eigenvalue weighted by atomic mass is 14.7. The molecule has 0 saturated heterocycles. The Bertz CT molecular complexity index is 547. The molecule has 2 aromatic carbocycles. The predicted octanol–water partition coefficient (Wildman–Crippen LogP) is 2.90. The molecule has 0 saturated carbocycles. The molecule has 17 heavy (non-hydrogen) atoms. The van der Waals surface area contributed by atoms with Crippen molar-refractivity contribution in [2.45, 2.75) is 0 Å². The van der Waals surface area contributed by atoms with Gasteiger partial charge in [0.2, 0.25) is 0 Å². The SMILES string of the molecule is Nc1cccc2ccccc12.c1cnccn1. The molecule has 0 spiro atoms. The quantitative estimate of drug-likeness (QED) is 0.596. The van der Waals surface area contributed by atoms with Crippen molar-refractivity contribution in [1.29, 1.82) is 0 Å². The fraction of sp³-hybridized carbons (Fsp3) is 0. The zero-order chi connectivity index (χ0) is 11.9. The Morgan fingerprint density at radius 3 is 1.88 bits per heavy atom. The number of anilines is 1. The van der Waals surface area contributed by atoms with E-state index in [2.05, 4.69) is 22.1 Å². The molecule has 1 heterocycles. The van der Waals surface area contributed by atoms with E-state index in [-0.39, 0.29) is 0 Å². The Balaban J connectivity index is 0.000000153. The van der Waals surface area contributed by atoms with Crippen LogP contribution in [0.2, 0.25) is 0 Å². The lowest BCUT2D eigenvalue weighted by Crippen LogP contribution is -1.84. The van der Waals surface area contributed by atoms with Crippen molar-refractivity contribution in [2.24, 2.45) is 0 Å². The van der Waals surface area contributed by atoms with E-state index in [0.29, 0.717) is 0 Å². The van der Waals surface area contributed by atoms with E-state index in [1.54, 1.807) is 24.8 Å². The first-order chi connectivity index (χ1) is 8.38. The zero-order valence-electron chi connectivity index (χ0n) is 9.32. The molecule has 0 amide bonds. The summed E-state index contributed by atoms with van der Waals surface area (Å²) in [4.78, 5) is 7.44. The summed E-state index contributed by atoms with van der Waals surface area (Å²) < 4.78 is 0. The van der Waals surface area contributed by atoms with E-state index in [4.69, 9.17) is 5.73 Å². The molecule has 0 radical (unpaired) electrons. The van der Waals surface area contributed by atoms with Crippen molar-refractivity contribution in [2.75, 3.05) is 5.73 Å². The van der Waals surface area contributed by atoms with Gasteiger partial charge in [0.1, 0.15) is 0 Å². The molecule has 0 fully saturated rings. The number of nitrogens with two attached hydrogens (primary N) is 1. The van der Waals surface area contributed by atoms with Crippen molar-refractivity contribution < 1.29 is 0 Å². The van der Waals surface area contributed by atoms with Crippen molar-refractivity contribution in [3.63, 3.8) is 0 Å². The normalized spacial score (nSPS) is 9.41. The highest BCUT2D eigenvalue weighted by Crippen LogP contribution is 2.19. The molecule has 3 aromatic rings. The largest absolute Gasteiger partial charge is 0.398 e. The lowest BCUT2D eigenvalue weighted by atomic mass is 10.1. The van der Waals surface area contributed by atoms with Crippen molar-refractivity contribution in [1.82, 2.24) is 9.97 Å². The minimum absolute atomic E-state index is 0.850. The smallest absolute Gasteiger partial charge is 0.0451 e. The first kappa shape index (κ1) is 11.1. The second-order valence-electron chi connectivity index (χ2n) is 3.46. The topological polar surface area (TPSA) is 51.8 Å². The molecule has 1 aromatic heterocycles. The number of nitrogen functional groups attached to an aromatic ring is 1. The van der Waals surface area contributed by atoms with Crippen molar-refractivity contribution >= 4 is 16.5 Å². The third kappa shape index (κ3) is 3.01. The number of nitrogens with zero attached hydrogens (tertiary/aromatic N) is 2. The van der Waals surface area contributed by atoms with Gasteiger partial charge < -0.3 is 5.73 Å². The van der Waals surface area contributed by atoms with E-state index in [1.807, 2.05) is 30.3 Å². The molecule has 0 atom stereocenters. The highest BCUT2D eigenvalue weighted by Gasteiger charge is 1.92. The zero-order valence-corrected chi connectivity index (χ0v) is 9.32. The van der Waals surface area contributed by atoms with E-state index in [1.165, 1.54) is 5.39 Å². The Hall–Kier alpha value is -2.42. The van der Waals surface area contributed by atoms with E-state index in [0.717, 1.165) is 11.1 Å². The summed E-state index contributed by atoms with van der Waals surface area (Å²) in [5.41, 5.74) is 6.61. The van der Waals surface area contributed by atoms with E-state index in [9.17, 15) is 0 Å². The van der Waals surface area contributed by atoms with Crippen LogP contribution in [0.15, 0.2) is 67.3 Å². The summed E-state index contributed by atoms with van der Waals surface area (Å²) in [5, 5.41) is 2.34. The van der Waals surface area contributed by atoms with Crippen LogP contribution in [0.1, 0.15) is 0 Å². The van der Waals surface area contributed by atoms with Gasteiger partial charge in [0.15, 0.2) is 0 Å². The highest BCUT2D eigenvalue weighted by molar-refractivity contribution is 5.92. The molecular formula is C14H13N3. The van der Waals surface area contributed by atoms with Crippen LogP contribution in [0.5, 0.6) is 0 Å². The maximum absolute atomic E-state index is 5.76. The lowest BCUT2D eigenvalue weighted by Gasteiger charge is -1.98. The molecule has 0 bridgehead atoms. The third-order valence-electron chi connectivity index (χ3n) is 2.30. The second kappa shape index (κ2) is 5.61. The molecule has 0 aliphatic carbocycles. The third-order valence-corrected chi connectivity index (χ3v) is 2.30. The van der Waals surface area contributed by atoms with Gasteiger partial charge in [-0.2, -0.15) is 0 Å². The minimum Gasteiger partial charge on any atom is -0.398 e. The molecule has 0 aliphatic rings. The van der Waals surface area contributed by atoms with E-state index >= 15 is 0 Å². The van der Waals surface area contributed by atoms with Gasteiger partial charge in [0.25, 0.3) is 0 Å². The van der Waals surface area contributed by atoms with Crippen LogP contribution < -0.4 is 5.73 Å². The summed E-state index contributed by atoms with van der Waals surface area (Å²) in [6.07, 6.45) is 6.56. The van der Waals surface area contributed by atoms with Crippen LogP contribution in [0.25, 0.3) is 10.8 Å². The lowest BCUT2D eigenvalue weighted by molar-refractivity contribution is 1.20. The summed E-state index contributed by atoms with van der Waals surface area (Å²) >= 11 is 0. The Morgan fingerprint density at radius 2 is 1.29 bits per heavy atom. The Labute approximate surface area is 100.0 Å². The Kier molecular flexibility index (Phi) is 3.65. The number of fused-ring (bicyclic) bond motifs is 1. The maximum Gasteiger partial charge on any atom is 0.0451 e. The average Bonchev–Trinajstić information content (AvgIpc) is 2.42.